The van der Waals surface area contributed by atoms with E-state index in [1.165, 1.54) is 30.3 Å². The van der Waals surface area contributed by atoms with Crippen molar-refractivity contribution in [3.63, 3.8) is 0 Å². The number of benzene rings is 4. The molecule has 5 rings (SSSR count). The van der Waals surface area contributed by atoms with E-state index in [-0.39, 0.29) is 30.3 Å². The Bertz CT molecular complexity index is 1670. The molecular weight excluding hydrogens is 570 g/mol. The van der Waals surface area contributed by atoms with Crippen molar-refractivity contribution < 1.29 is 28.2 Å². The first-order valence-electron chi connectivity index (χ1n) is 12.3. The van der Waals surface area contributed by atoms with Crippen LogP contribution in [-0.2, 0) is 22.8 Å². The van der Waals surface area contributed by atoms with Gasteiger partial charge in [-0.1, -0.05) is 53.5 Å². The summed E-state index contributed by atoms with van der Waals surface area (Å²) in [5.74, 6) is -1.04. The van der Waals surface area contributed by atoms with Crippen LogP contribution in [0.5, 0.6) is 11.5 Å². The topological polar surface area (TPSA) is 84.9 Å². The number of barbiturate groups is 1. The number of carbonyl (C=O) groups excluding carboxylic acids is 3. The fraction of sp³-hybridized carbons (Fsp3) is 0.0645. The molecule has 4 aromatic rings. The lowest BCUT2D eigenvalue weighted by Crippen LogP contribution is -2.54. The Labute approximate surface area is 244 Å². The summed E-state index contributed by atoms with van der Waals surface area (Å²) in [6.45, 7) is 0.316. The molecule has 0 aliphatic carbocycles. The summed E-state index contributed by atoms with van der Waals surface area (Å²) in [6.07, 6.45) is 1.37. The smallest absolute Gasteiger partial charge is 0.335 e. The Balaban J connectivity index is 1.29. The largest absolute Gasteiger partial charge is 0.489 e. The summed E-state index contributed by atoms with van der Waals surface area (Å²) in [4.78, 5) is 39.4. The van der Waals surface area contributed by atoms with E-state index in [1.54, 1.807) is 66.7 Å². The van der Waals surface area contributed by atoms with Crippen molar-refractivity contribution in [1.29, 1.82) is 0 Å². The van der Waals surface area contributed by atoms with Crippen LogP contribution in [0.4, 0.5) is 14.9 Å². The summed E-state index contributed by atoms with van der Waals surface area (Å²) in [5, 5.41) is 3.19. The highest BCUT2D eigenvalue weighted by Crippen LogP contribution is 2.27. The lowest BCUT2D eigenvalue weighted by atomic mass is 10.1. The summed E-state index contributed by atoms with van der Waals surface area (Å²) in [5.41, 5.74) is 1.90. The molecule has 0 bridgehead atoms. The molecule has 0 unspecified atom stereocenters. The highest BCUT2D eigenvalue weighted by molar-refractivity contribution is 6.39. The number of hydrogen-bond acceptors (Lipinski definition) is 5. The van der Waals surface area contributed by atoms with E-state index in [0.717, 1.165) is 10.5 Å². The predicted molar refractivity (Wildman–Crippen MR) is 153 cm³/mol. The fourth-order valence-corrected chi connectivity index (χ4v) is 4.50. The number of halogens is 3. The molecule has 1 fully saturated rings. The number of amides is 4. The van der Waals surface area contributed by atoms with Crippen LogP contribution in [0.3, 0.4) is 0 Å². The van der Waals surface area contributed by atoms with E-state index in [1.807, 2.05) is 0 Å². The zero-order valence-corrected chi connectivity index (χ0v) is 22.8. The van der Waals surface area contributed by atoms with Gasteiger partial charge in [0.1, 0.15) is 36.1 Å². The molecule has 10 heteroatoms. The third kappa shape index (κ3) is 6.74. The Morgan fingerprint density at radius 3 is 2.32 bits per heavy atom. The second kappa shape index (κ2) is 12.2. The quantitative estimate of drug-likeness (QED) is 0.177. The molecule has 0 atom stereocenters. The first-order valence-corrected chi connectivity index (χ1v) is 13.1. The van der Waals surface area contributed by atoms with E-state index in [4.69, 9.17) is 32.7 Å². The molecule has 0 spiro atoms. The molecule has 0 aromatic heterocycles. The summed E-state index contributed by atoms with van der Waals surface area (Å²) < 4.78 is 24.9. The normalized spacial score (nSPS) is 14.3. The third-order valence-corrected chi connectivity index (χ3v) is 6.66. The maximum Gasteiger partial charge on any atom is 0.335 e. The van der Waals surface area contributed by atoms with Crippen LogP contribution < -0.4 is 19.7 Å². The molecule has 1 N–H and O–H groups in total. The van der Waals surface area contributed by atoms with Crippen LogP contribution in [0.1, 0.15) is 16.7 Å². The molecule has 7 nitrogen and oxygen atoms in total. The van der Waals surface area contributed by atoms with Crippen molar-refractivity contribution in [2.75, 3.05) is 4.90 Å². The van der Waals surface area contributed by atoms with Crippen molar-refractivity contribution in [2.24, 2.45) is 0 Å². The number of imide groups is 2. The summed E-state index contributed by atoms with van der Waals surface area (Å²) in [6, 6.07) is 23.2. The van der Waals surface area contributed by atoms with Crippen molar-refractivity contribution in [2.45, 2.75) is 13.2 Å². The second-order valence-corrected chi connectivity index (χ2v) is 9.81. The van der Waals surface area contributed by atoms with Gasteiger partial charge >= 0.3 is 6.03 Å². The lowest BCUT2D eigenvalue weighted by Gasteiger charge is -2.26. The van der Waals surface area contributed by atoms with E-state index < -0.39 is 17.8 Å². The minimum Gasteiger partial charge on any atom is -0.489 e. The van der Waals surface area contributed by atoms with Gasteiger partial charge in [-0.3, -0.25) is 14.9 Å². The van der Waals surface area contributed by atoms with E-state index in [2.05, 4.69) is 5.32 Å². The van der Waals surface area contributed by atoms with Crippen LogP contribution >= 0.6 is 23.2 Å². The maximum atomic E-state index is 13.4. The average Bonchev–Trinajstić information content (AvgIpc) is 2.95. The number of rotatable bonds is 8. The monoisotopic (exact) mass is 590 g/mol. The molecule has 1 heterocycles. The summed E-state index contributed by atoms with van der Waals surface area (Å²) in [7, 11) is 0. The van der Waals surface area contributed by atoms with Gasteiger partial charge in [0.15, 0.2) is 0 Å². The van der Waals surface area contributed by atoms with Gasteiger partial charge in [-0.2, -0.15) is 0 Å². The van der Waals surface area contributed by atoms with Gasteiger partial charge in [-0.15, -0.1) is 0 Å². The minimum absolute atomic E-state index is 0.131. The van der Waals surface area contributed by atoms with Gasteiger partial charge in [0, 0.05) is 15.6 Å². The number of hydrogen-bond donors (Lipinski definition) is 1. The molecule has 206 valence electrons. The van der Waals surface area contributed by atoms with Gasteiger partial charge < -0.3 is 9.47 Å². The highest BCUT2D eigenvalue weighted by atomic mass is 35.5. The van der Waals surface area contributed by atoms with Crippen molar-refractivity contribution in [1.82, 2.24) is 5.32 Å². The molecule has 1 aliphatic heterocycles. The van der Waals surface area contributed by atoms with Crippen LogP contribution in [0, 0.1) is 5.82 Å². The average molecular weight is 591 g/mol. The van der Waals surface area contributed by atoms with Crippen molar-refractivity contribution >= 4 is 52.8 Å². The number of nitrogens with zero attached hydrogens (tertiary/aromatic N) is 1. The zero-order chi connectivity index (χ0) is 28.9. The second-order valence-electron chi connectivity index (χ2n) is 8.97. The Morgan fingerprint density at radius 1 is 0.805 bits per heavy atom. The first-order chi connectivity index (χ1) is 19.8. The molecule has 1 saturated heterocycles. The standard InChI is InChI=1S/C31H21Cl2FN2O5/c32-22-8-7-21(28(33)16-22)18-41-25-11-9-24(10-12-25)36-30(38)27(29(37)35-31(36)39)15-19-3-2-6-26(14-19)40-17-20-4-1-5-23(34)13-20/h1-16H,17-18H2,(H,35,37,39)/b27-15-. The number of urea groups is 1. The van der Waals surface area contributed by atoms with Crippen LogP contribution in [0.25, 0.3) is 6.08 Å². The summed E-state index contributed by atoms with van der Waals surface area (Å²) >= 11 is 12.1. The number of carbonyl (C=O) groups is 3. The highest BCUT2D eigenvalue weighted by Gasteiger charge is 2.36. The molecule has 4 aromatic carbocycles. The third-order valence-electron chi connectivity index (χ3n) is 6.07. The zero-order valence-electron chi connectivity index (χ0n) is 21.3. The minimum atomic E-state index is -0.869. The van der Waals surface area contributed by atoms with Crippen LogP contribution in [0.2, 0.25) is 10.0 Å². The molecular formula is C31H21Cl2FN2O5. The van der Waals surface area contributed by atoms with E-state index >= 15 is 0 Å². The number of ether oxygens (including phenoxy) is 2. The van der Waals surface area contributed by atoms with Gasteiger partial charge in [-0.05, 0) is 77.9 Å². The van der Waals surface area contributed by atoms with E-state index in [9.17, 15) is 18.8 Å². The molecule has 41 heavy (non-hydrogen) atoms. The number of nitrogens with one attached hydrogen (secondary N) is 1. The fourth-order valence-electron chi connectivity index (χ4n) is 4.04. The molecule has 0 radical (unpaired) electrons. The Hall–Kier alpha value is -4.66. The van der Waals surface area contributed by atoms with Gasteiger partial charge in [0.2, 0.25) is 0 Å². The Morgan fingerprint density at radius 2 is 1.56 bits per heavy atom. The predicted octanol–water partition coefficient (Wildman–Crippen LogP) is 6.96. The van der Waals surface area contributed by atoms with Gasteiger partial charge in [0.05, 0.1) is 5.69 Å². The molecule has 0 saturated carbocycles. The van der Waals surface area contributed by atoms with Crippen molar-refractivity contribution in [3.8, 4) is 11.5 Å². The first kappa shape index (κ1) is 27.9. The van der Waals surface area contributed by atoms with Crippen LogP contribution in [-0.4, -0.2) is 17.8 Å². The van der Waals surface area contributed by atoms with Gasteiger partial charge in [-0.25, -0.2) is 14.1 Å². The van der Waals surface area contributed by atoms with E-state index in [0.29, 0.717) is 32.7 Å². The van der Waals surface area contributed by atoms with Gasteiger partial charge in [0.25, 0.3) is 11.8 Å². The lowest BCUT2D eigenvalue weighted by molar-refractivity contribution is -0.122. The number of anilines is 1. The maximum absolute atomic E-state index is 13.4. The SMILES string of the molecule is O=C1NC(=O)N(c2ccc(OCc3ccc(Cl)cc3Cl)cc2)C(=O)/C1=C\c1cccc(OCc2cccc(F)c2)c1. The van der Waals surface area contributed by atoms with Crippen molar-refractivity contribution in [3.05, 3.63) is 129 Å². The molecule has 4 amide bonds. The Kier molecular flexibility index (Phi) is 8.33. The van der Waals surface area contributed by atoms with Crippen LogP contribution in [0.15, 0.2) is 96.6 Å². The molecule has 1 aliphatic rings.